The number of halogens is 1. The van der Waals surface area contributed by atoms with Gasteiger partial charge in [-0.1, -0.05) is 42.0 Å². The summed E-state index contributed by atoms with van der Waals surface area (Å²) < 4.78 is 32.3. The van der Waals surface area contributed by atoms with Gasteiger partial charge in [0.1, 0.15) is 11.9 Å². The number of ether oxygens (including phenoxy) is 3. The molecule has 1 aromatic heterocycles. The van der Waals surface area contributed by atoms with Crippen LogP contribution in [0.1, 0.15) is 37.9 Å². The van der Waals surface area contributed by atoms with Gasteiger partial charge in [-0.25, -0.2) is 4.39 Å². The van der Waals surface area contributed by atoms with Gasteiger partial charge in [0.05, 0.1) is 32.2 Å². The second-order valence-corrected chi connectivity index (χ2v) is 10.4. The summed E-state index contributed by atoms with van der Waals surface area (Å²) in [6.07, 6.45) is 0. The number of nitrogens with zero attached hydrogens (tertiary/aromatic N) is 1. The zero-order chi connectivity index (χ0) is 28.5. The summed E-state index contributed by atoms with van der Waals surface area (Å²) in [5, 5.41) is 3.54. The highest BCUT2D eigenvalue weighted by molar-refractivity contribution is 6.03. The predicted octanol–water partition coefficient (Wildman–Crippen LogP) is 5.65. The normalized spacial score (nSPS) is 12.2. The third kappa shape index (κ3) is 5.46. The molecule has 0 bridgehead atoms. The molecule has 0 saturated carbocycles. The maximum Gasteiger partial charge on any atom is 0.252 e. The van der Waals surface area contributed by atoms with Gasteiger partial charge in [-0.15, -0.1) is 0 Å². The van der Waals surface area contributed by atoms with E-state index in [2.05, 4.69) is 5.32 Å². The average Bonchev–Trinajstić information content (AvgIpc) is 2.89. The number of hydrogen-bond donors (Lipinski definition) is 1. The van der Waals surface area contributed by atoms with Gasteiger partial charge in [0.25, 0.3) is 5.56 Å². The van der Waals surface area contributed by atoms with Crippen molar-refractivity contribution < 1.29 is 23.4 Å². The van der Waals surface area contributed by atoms with Gasteiger partial charge in [-0.2, -0.15) is 0 Å². The largest absolute Gasteiger partial charge is 0.493 e. The Bertz CT molecular complexity index is 1570. The Morgan fingerprint density at radius 1 is 0.897 bits per heavy atom. The Kier molecular flexibility index (Phi) is 7.67. The minimum atomic E-state index is -1.01. The first-order chi connectivity index (χ1) is 18.5. The van der Waals surface area contributed by atoms with Crippen molar-refractivity contribution in [3.63, 3.8) is 0 Å². The maximum atomic E-state index is 14.0. The molecule has 0 saturated heterocycles. The average molecular weight is 533 g/mol. The number of rotatable bonds is 7. The Morgan fingerprint density at radius 3 is 2.05 bits per heavy atom. The first-order valence-electron chi connectivity index (χ1n) is 12.5. The van der Waals surface area contributed by atoms with E-state index in [1.54, 1.807) is 18.2 Å². The molecule has 1 unspecified atom stereocenters. The lowest BCUT2D eigenvalue weighted by Crippen LogP contribution is -2.46. The molecule has 204 valence electrons. The maximum absolute atomic E-state index is 14.0. The van der Waals surface area contributed by atoms with Crippen LogP contribution in [0, 0.1) is 12.7 Å². The lowest BCUT2D eigenvalue weighted by atomic mass is 9.97. The lowest BCUT2D eigenvalue weighted by molar-refractivity contribution is -0.124. The van der Waals surface area contributed by atoms with Crippen LogP contribution in [0.25, 0.3) is 22.0 Å². The first kappa shape index (κ1) is 27.7. The molecule has 3 aromatic carbocycles. The van der Waals surface area contributed by atoms with Gasteiger partial charge in [0.15, 0.2) is 11.5 Å². The van der Waals surface area contributed by atoms with Crippen molar-refractivity contribution >= 4 is 16.8 Å². The molecule has 1 amide bonds. The molecule has 7 nitrogen and oxygen atoms in total. The number of fused-ring (bicyclic) bond motifs is 1. The van der Waals surface area contributed by atoms with Crippen LogP contribution in [0.15, 0.2) is 65.5 Å². The summed E-state index contributed by atoms with van der Waals surface area (Å²) in [5.74, 6) is 0.218. The smallest absolute Gasteiger partial charge is 0.252 e. The second-order valence-electron chi connectivity index (χ2n) is 10.4. The van der Waals surface area contributed by atoms with Gasteiger partial charge in [0, 0.05) is 23.2 Å². The molecule has 4 aromatic rings. The first-order valence-corrected chi connectivity index (χ1v) is 12.5. The molecule has 1 heterocycles. The van der Waals surface area contributed by atoms with Crippen LogP contribution in [0.2, 0.25) is 0 Å². The molecule has 4 rings (SSSR count). The van der Waals surface area contributed by atoms with Crippen LogP contribution in [0.4, 0.5) is 4.39 Å². The standard InChI is InChI=1S/C31H33FN2O5/c1-18-8-10-20(11-9-18)27(30(36)33-31(2,3)4)34-23-17-24(37-5)28(38-6)29(39-7)26(23)22(16-25(34)35)19-12-14-21(32)15-13-19/h8-17,27H,1-7H3,(H,33,36). The minimum Gasteiger partial charge on any atom is -0.493 e. The number of methoxy groups -OCH3 is 3. The molecule has 0 aliphatic rings. The summed E-state index contributed by atoms with van der Waals surface area (Å²) in [5.41, 5.74) is 2.17. The number of carbonyl (C=O) groups excluding carboxylic acids is 1. The van der Waals surface area contributed by atoms with E-state index in [1.165, 1.54) is 44.1 Å². The SMILES string of the molecule is COc1cc2c(c(-c3ccc(F)cc3)cc(=O)n2C(C(=O)NC(C)(C)C)c2ccc(C)cc2)c(OC)c1OC. The highest BCUT2D eigenvalue weighted by Gasteiger charge is 2.31. The van der Waals surface area contributed by atoms with E-state index < -0.39 is 23.0 Å². The third-order valence-corrected chi connectivity index (χ3v) is 6.40. The predicted molar refractivity (Wildman–Crippen MR) is 150 cm³/mol. The topological polar surface area (TPSA) is 78.8 Å². The number of aryl methyl sites for hydroxylation is 1. The zero-order valence-electron chi connectivity index (χ0n) is 23.2. The summed E-state index contributed by atoms with van der Waals surface area (Å²) in [6.45, 7) is 7.60. The van der Waals surface area contributed by atoms with Crippen LogP contribution in [0.5, 0.6) is 17.2 Å². The van der Waals surface area contributed by atoms with E-state index in [4.69, 9.17) is 14.2 Å². The van der Waals surface area contributed by atoms with E-state index >= 15 is 0 Å². The minimum absolute atomic E-state index is 0.318. The lowest BCUT2D eigenvalue weighted by Gasteiger charge is -2.28. The number of hydrogen-bond acceptors (Lipinski definition) is 5. The number of amides is 1. The second kappa shape index (κ2) is 10.8. The van der Waals surface area contributed by atoms with Crippen molar-refractivity contribution in [3.8, 4) is 28.4 Å². The quantitative estimate of drug-likeness (QED) is 0.333. The van der Waals surface area contributed by atoms with E-state index in [0.717, 1.165) is 5.56 Å². The molecular weight excluding hydrogens is 499 g/mol. The highest BCUT2D eigenvalue weighted by Crippen LogP contribution is 2.47. The molecule has 0 fully saturated rings. The van der Waals surface area contributed by atoms with Gasteiger partial charge in [0.2, 0.25) is 11.7 Å². The Balaban J connectivity index is 2.17. The van der Waals surface area contributed by atoms with E-state index in [9.17, 15) is 14.0 Å². The Labute approximate surface area is 227 Å². The molecule has 0 aliphatic heterocycles. The van der Waals surface area contributed by atoms with E-state index in [-0.39, 0.29) is 5.91 Å². The number of pyridine rings is 1. The molecule has 1 atom stereocenters. The van der Waals surface area contributed by atoms with Crippen LogP contribution < -0.4 is 25.1 Å². The fraction of sp³-hybridized carbons (Fsp3) is 0.290. The molecule has 39 heavy (non-hydrogen) atoms. The molecule has 0 aliphatic carbocycles. The van der Waals surface area contributed by atoms with Crippen LogP contribution in [-0.4, -0.2) is 37.3 Å². The number of aromatic nitrogens is 1. The summed E-state index contributed by atoms with van der Waals surface area (Å²) >= 11 is 0. The number of benzene rings is 3. The molecular formula is C31H33FN2O5. The molecule has 1 N–H and O–H groups in total. The van der Waals surface area contributed by atoms with E-state index in [0.29, 0.717) is 44.8 Å². The van der Waals surface area contributed by atoms with Gasteiger partial charge < -0.3 is 19.5 Å². The van der Waals surface area contributed by atoms with Gasteiger partial charge in [-0.05, 0) is 51.0 Å². The summed E-state index contributed by atoms with van der Waals surface area (Å²) in [6, 6.07) is 15.4. The van der Waals surface area contributed by atoms with Crippen molar-refractivity contribution in [1.29, 1.82) is 0 Å². The third-order valence-electron chi connectivity index (χ3n) is 6.40. The van der Waals surface area contributed by atoms with E-state index in [1.807, 2.05) is 52.0 Å². The van der Waals surface area contributed by atoms with Crippen molar-refractivity contribution in [1.82, 2.24) is 9.88 Å². The van der Waals surface area contributed by atoms with Crippen LogP contribution >= 0.6 is 0 Å². The van der Waals surface area contributed by atoms with Crippen molar-refractivity contribution in [2.75, 3.05) is 21.3 Å². The Morgan fingerprint density at radius 2 is 1.51 bits per heavy atom. The Hall–Kier alpha value is -4.33. The number of carbonyl (C=O) groups is 1. The van der Waals surface area contributed by atoms with Crippen molar-refractivity contribution in [2.24, 2.45) is 0 Å². The van der Waals surface area contributed by atoms with Gasteiger partial charge >= 0.3 is 0 Å². The molecule has 0 spiro atoms. The highest BCUT2D eigenvalue weighted by atomic mass is 19.1. The van der Waals surface area contributed by atoms with Crippen molar-refractivity contribution in [2.45, 2.75) is 39.3 Å². The fourth-order valence-electron chi connectivity index (χ4n) is 4.71. The van der Waals surface area contributed by atoms with Crippen molar-refractivity contribution in [3.05, 3.63) is 88.0 Å². The van der Waals surface area contributed by atoms with Crippen LogP contribution in [-0.2, 0) is 4.79 Å². The summed E-state index contributed by atoms with van der Waals surface area (Å²) in [4.78, 5) is 27.9. The fourth-order valence-corrected chi connectivity index (χ4v) is 4.71. The zero-order valence-corrected chi connectivity index (χ0v) is 23.2. The van der Waals surface area contributed by atoms with Crippen LogP contribution in [0.3, 0.4) is 0 Å². The molecule has 8 heteroatoms. The molecule has 0 radical (unpaired) electrons. The number of nitrogens with one attached hydrogen (secondary N) is 1. The summed E-state index contributed by atoms with van der Waals surface area (Å²) in [7, 11) is 4.47. The monoisotopic (exact) mass is 532 g/mol. The van der Waals surface area contributed by atoms with Gasteiger partial charge in [-0.3, -0.25) is 14.2 Å².